The van der Waals surface area contributed by atoms with Crippen LogP contribution in [0.25, 0.3) is 11.1 Å². The standard InChI is InChI=1S/C21H21ClN6O3S/c1-12-5-4-6-16(26-12)21(29)27-18-8-13(7-17(24-2)15(18)10-23)14-9-19(20(22)25-11-14)28-32(3,30)31/h4-11,23-24,28H,1-3H3,(H,27,29). The van der Waals surface area contributed by atoms with E-state index in [0.29, 0.717) is 33.8 Å². The molecule has 0 saturated carbocycles. The lowest BCUT2D eigenvalue weighted by Gasteiger charge is -2.16. The van der Waals surface area contributed by atoms with Crippen molar-refractivity contribution in [2.45, 2.75) is 6.92 Å². The summed E-state index contributed by atoms with van der Waals surface area (Å²) in [6.45, 7) is 1.79. The first-order valence-electron chi connectivity index (χ1n) is 9.36. The SMILES string of the molecule is CNc1cc(-c2cnc(Cl)c(NS(C)(=O)=O)c2)cc(NC(=O)c2cccc(C)n2)c1C=N. The molecule has 1 amide bonds. The van der Waals surface area contributed by atoms with Crippen LogP contribution in [0.1, 0.15) is 21.7 Å². The maximum atomic E-state index is 12.8. The second-order valence-electron chi connectivity index (χ2n) is 6.93. The maximum Gasteiger partial charge on any atom is 0.274 e. The molecule has 0 saturated heterocycles. The number of rotatable bonds is 7. The van der Waals surface area contributed by atoms with E-state index in [9.17, 15) is 13.2 Å². The smallest absolute Gasteiger partial charge is 0.274 e. The molecule has 4 N–H and O–H groups in total. The number of benzene rings is 1. The van der Waals surface area contributed by atoms with E-state index < -0.39 is 15.9 Å². The minimum absolute atomic E-state index is 0.00294. The highest BCUT2D eigenvalue weighted by molar-refractivity contribution is 7.92. The number of nitrogens with zero attached hydrogens (tertiary/aromatic N) is 2. The fourth-order valence-corrected chi connectivity index (χ4v) is 3.78. The first kappa shape index (κ1) is 23.2. The molecule has 1 aromatic carbocycles. The average Bonchev–Trinajstić information content (AvgIpc) is 2.73. The summed E-state index contributed by atoms with van der Waals surface area (Å²) in [7, 11) is -1.87. The van der Waals surface area contributed by atoms with E-state index in [4.69, 9.17) is 17.0 Å². The average molecular weight is 473 g/mol. The number of hydrogen-bond donors (Lipinski definition) is 4. The van der Waals surface area contributed by atoms with Crippen molar-refractivity contribution in [1.82, 2.24) is 9.97 Å². The third kappa shape index (κ3) is 5.40. The number of sulfonamides is 1. The molecule has 0 fully saturated rings. The third-order valence-electron chi connectivity index (χ3n) is 4.43. The van der Waals surface area contributed by atoms with Crippen LogP contribution < -0.4 is 15.4 Å². The molecule has 9 nitrogen and oxygen atoms in total. The van der Waals surface area contributed by atoms with Crippen molar-refractivity contribution < 1.29 is 13.2 Å². The molecular weight excluding hydrogens is 452 g/mol. The lowest BCUT2D eigenvalue weighted by Crippen LogP contribution is -2.16. The van der Waals surface area contributed by atoms with Gasteiger partial charge in [0.2, 0.25) is 10.0 Å². The van der Waals surface area contributed by atoms with Gasteiger partial charge in [-0.05, 0) is 42.8 Å². The molecule has 2 heterocycles. The molecule has 0 atom stereocenters. The maximum absolute atomic E-state index is 12.8. The number of aryl methyl sites for hydroxylation is 1. The van der Waals surface area contributed by atoms with E-state index in [1.807, 2.05) is 0 Å². The van der Waals surface area contributed by atoms with Crippen LogP contribution in [0.5, 0.6) is 0 Å². The highest BCUT2D eigenvalue weighted by Gasteiger charge is 2.16. The Balaban J connectivity index is 2.08. The number of aromatic nitrogens is 2. The van der Waals surface area contributed by atoms with Gasteiger partial charge in [-0.25, -0.2) is 18.4 Å². The van der Waals surface area contributed by atoms with Crippen LogP contribution in [0.2, 0.25) is 5.15 Å². The monoisotopic (exact) mass is 472 g/mol. The second kappa shape index (κ2) is 9.33. The molecule has 0 spiro atoms. The molecule has 0 bridgehead atoms. The van der Waals surface area contributed by atoms with Crippen molar-refractivity contribution in [2.24, 2.45) is 0 Å². The number of pyridine rings is 2. The molecule has 32 heavy (non-hydrogen) atoms. The van der Waals surface area contributed by atoms with Crippen LogP contribution in [0.4, 0.5) is 17.1 Å². The van der Waals surface area contributed by atoms with Gasteiger partial charge >= 0.3 is 0 Å². The third-order valence-corrected chi connectivity index (χ3v) is 5.32. The number of amides is 1. The van der Waals surface area contributed by atoms with E-state index in [0.717, 1.165) is 12.5 Å². The summed E-state index contributed by atoms with van der Waals surface area (Å²) in [5.74, 6) is -0.426. The van der Waals surface area contributed by atoms with Gasteiger partial charge in [-0.1, -0.05) is 17.7 Å². The van der Waals surface area contributed by atoms with Gasteiger partial charge in [0, 0.05) is 42.0 Å². The van der Waals surface area contributed by atoms with Crippen molar-refractivity contribution in [3.05, 3.63) is 64.7 Å². The van der Waals surface area contributed by atoms with Gasteiger partial charge < -0.3 is 16.0 Å². The Labute approximate surface area is 190 Å². The Hall–Kier alpha value is -3.50. The summed E-state index contributed by atoms with van der Waals surface area (Å²) >= 11 is 6.03. The van der Waals surface area contributed by atoms with Gasteiger partial charge in [0.05, 0.1) is 17.6 Å². The fourth-order valence-electron chi connectivity index (χ4n) is 3.02. The van der Waals surface area contributed by atoms with Gasteiger partial charge in [-0.15, -0.1) is 0 Å². The van der Waals surface area contributed by atoms with Crippen molar-refractivity contribution in [3.8, 4) is 11.1 Å². The molecule has 0 aliphatic rings. The Morgan fingerprint density at radius 3 is 2.44 bits per heavy atom. The summed E-state index contributed by atoms with van der Waals surface area (Å²) in [6, 6.07) is 10.1. The van der Waals surface area contributed by atoms with E-state index in [-0.39, 0.29) is 16.5 Å². The molecule has 3 aromatic rings. The second-order valence-corrected chi connectivity index (χ2v) is 9.04. The van der Waals surface area contributed by atoms with Crippen molar-refractivity contribution in [1.29, 1.82) is 5.41 Å². The van der Waals surface area contributed by atoms with Crippen molar-refractivity contribution in [3.63, 3.8) is 0 Å². The number of anilines is 3. The predicted octanol–water partition coefficient (Wildman–Crippen LogP) is 3.77. The number of carbonyl (C=O) groups is 1. The van der Waals surface area contributed by atoms with E-state index in [2.05, 4.69) is 25.3 Å². The van der Waals surface area contributed by atoms with Gasteiger partial charge in [-0.3, -0.25) is 9.52 Å². The Morgan fingerprint density at radius 1 is 1.12 bits per heavy atom. The molecule has 3 rings (SSSR count). The van der Waals surface area contributed by atoms with Gasteiger partial charge in [-0.2, -0.15) is 0 Å². The molecule has 0 unspecified atom stereocenters. The van der Waals surface area contributed by atoms with Crippen molar-refractivity contribution in [2.75, 3.05) is 28.7 Å². The zero-order valence-corrected chi connectivity index (χ0v) is 19.1. The molecule has 11 heteroatoms. The molecule has 166 valence electrons. The number of nitrogens with one attached hydrogen (secondary N) is 4. The molecule has 0 aliphatic carbocycles. The van der Waals surface area contributed by atoms with Crippen LogP contribution in [-0.2, 0) is 10.0 Å². The number of halogens is 1. The zero-order chi connectivity index (χ0) is 23.5. The first-order valence-corrected chi connectivity index (χ1v) is 11.6. The minimum Gasteiger partial charge on any atom is -0.388 e. The molecule has 0 radical (unpaired) electrons. The summed E-state index contributed by atoms with van der Waals surface area (Å²) in [5.41, 5.74) is 3.67. The van der Waals surface area contributed by atoms with E-state index in [1.54, 1.807) is 50.4 Å². The molecule has 2 aromatic heterocycles. The molecule has 0 aliphatic heterocycles. The number of carbonyl (C=O) groups excluding carboxylic acids is 1. The fraction of sp³-hybridized carbons (Fsp3) is 0.143. The van der Waals surface area contributed by atoms with Crippen LogP contribution in [-0.4, -0.2) is 43.8 Å². The number of hydrogen-bond acceptors (Lipinski definition) is 7. The van der Waals surface area contributed by atoms with Crippen LogP contribution in [0, 0.1) is 12.3 Å². The lowest BCUT2D eigenvalue weighted by molar-refractivity contribution is 0.102. The molecular formula is C21H21ClN6O3S. The zero-order valence-electron chi connectivity index (χ0n) is 17.5. The summed E-state index contributed by atoms with van der Waals surface area (Å²) in [4.78, 5) is 21.1. The van der Waals surface area contributed by atoms with Crippen LogP contribution in [0.15, 0.2) is 42.6 Å². The summed E-state index contributed by atoms with van der Waals surface area (Å²) in [5, 5.41) is 13.6. The highest BCUT2D eigenvalue weighted by atomic mass is 35.5. The Bertz CT molecular complexity index is 1310. The summed E-state index contributed by atoms with van der Waals surface area (Å²) < 4.78 is 25.6. The van der Waals surface area contributed by atoms with Gasteiger partial charge in [0.1, 0.15) is 5.69 Å². The topological polar surface area (TPSA) is 137 Å². The first-order chi connectivity index (χ1) is 15.1. The quantitative estimate of drug-likeness (QED) is 0.305. The van der Waals surface area contributed by atoms with E-state index >= 15 is 0 Å². The van der Waals surface area contributed by atoms with E-state index in [1.165, 1.54) is 6.20 Å². The predicted molar refractivity (Wildman–Crippen MR) is 128 cm³/mol. The largest absolute Gasteiger partial charge is 0.388 e. The van der Waals surface area contributed by atoms with Crippen LogP contribution in [0.3, 0.4) is 0 Å². The van der Waals surface area contributed by atoms with Gasteiger partial charge in [0.15, 0.2) is 5.15 Å². The Kier molecular flexibility index (Phi) is 6.75. The van der Waals surface area contributed by atoms with Crippen molar-refractivity contribution >= 4 is 50.8 Å². The van der Waals surface area contributed by atoms with Gasteiger partial charge in [0.25, 0.3) is 5.91 Å². The van der Waals surface area contributed by atoms with Crippen LogP contribution >= 0.6 is 11.6 Å². The summed E-state index contributed by atoms with van der Waals surface area (Å²) in [6.07, 6.45) is 3.63. The lowest BCUT2D eigenvalue weighted by atomic mass is 10.0. The highest BCUT2D eigenvalue weighted by Crippen LogP contribution is 2.33. The Morgan fingerprint density at radius 2 is 1.81 bits per heavy atom. The normalized spacial score (nSPS) is 11.0. The minimum atomic E-state index is -3.56.